The molecule has 8 heteroatoms. The number of carbonyl (C=O) groups is 2. The minimum Gasteiger partial charge on any atom is -0.487 e. The second-order valence-corrected chi connectivity index (χ2v) is 6.95. The molecule has 0 unspecified atom stereocenters. The molecule has 1 amide bonds. The first-order chi connectivity index (χ1) is 13.5. The van der Waals surface area contributed by atoms with Gasteiger partial charge in [-0.2, -0.15) is 0 Å². The summed E-state index contributed by atoms with van der Waals surface area (Å²) in [6, 6.07) is 8.72. The molecule has 1 fully saturated rings. The number of carbonyl (C=O) groups excluding carboxylic acids is 1. The van der Waals surface area contributed by atoms with E-state index in [0.717, 1.165) is 5.56 Å². The van der Waals surface area contributed by atoms with E-state index in [1.165, 1.54) is 6.20 Å². The van der Waals surface area contributed by atoms with Gasteiger partial charge >= 0.3 is 5.97 Å². The molecule has 2 aromatic rings. The van der Waals surface area contributed by atoms with E-state index < -0.39 is 18.2 Å². The van der Waals surface area contributed by atoms with Crippen LogP contribution in [0, 0.1) is 0 Å². The standard InChI is InChI=1S/C20H20N2O6/c23-10-17-19-15(7-13(27-17)8-18(24)25)14-6-12(3-4-16(14)28-19)22-20(26)11-2-1-5-21-9-11/h1-6,9,13,15,17,19,23H,7-8,10H2,(H,22,26)(H,24,25)/t13-,15-,17-,19+/m1/s1. The van der Waals surface area contributed by atoms with Crippen molar-refractivity contribution in [1.29, 1.82) is 0 Å². The Balaban J connectivity index is 1.56. The first-order valence-electron chi connectivity index (χ1n) is 9.05. The van der Waals surface area contributed by atoms with Gasteiger partial charge in [0.1, 0.15) is 18.0 Å². The Kier molecular flexibility index (Phi) is 4.97. The van der Waals surface area contributed by atoms with Crippen LogP contribution in [0.1, 0.15) is 34.7 Å². The summed E-state index contributed by atoms with van der Waals surface area (Å²) in [5.74, 6) is -0.669. The molecule has 1 aromatic heterocycles. The predicted molar refractivity (Wildman–Crippen MR) is 98.4 cm³/mol. The smallest absolute Gasteiger partial charge is 0.305 e. The van der Waals surface area contributed by atoms with Gasteiger partial charge in [0.25, 0.3) is 5.91 Å². The van der Waals surface area contributed by atoms with Crippen molar-refractivity contribution in [1.82, 2.24) is 4.98 Å². The molecule has 8 nitrogen and oxygen atoms in total. The second-order valence-electron chi connectivity index (χ2n) is 6.95. The van der Waals surface area contributed by atoms with Crippen LogP contribution < -0.4 is 10.1 Å². The summed E-state index contributed by atoms with van der Waals surface area (Å²) in [6.45, 7) is -0.254. The maximum atomic E-state index is 12.4. The van der Waals surface area contributed by atoms with E-state index in [2.05, 4.69) is 10.3 Å². The van der Waals surface area contributed by atoms with Crippen LogP contribution in [0.4, 0.5) is 5.69 Å². The fraction of sp³-hybridized carbons (Fsp3) is 0.350. The largest absolute Gasteiger partial charge is 0.487 e. The van der Waals surface area contributed by atoms with E-state index in [0.29, 0.717) is 23.4 Å². The van der Waals surface area contributed by atoms with Crippen molar-refractivity contribution in [3.8, 4) is 5.75 Å². The number of aliphatic hydroxyl groups is 1. The van der Waals surface area contributed by atoms with Crippen LogP contribution in [0.15, 0.2) is 42.7 Å². The van der Waals surface area contributed by atoms with Crippen LogP contribution in [0.5, 0.6) is 5.75 Å². The number of nitrogens with one attached hydrogen (secondary N) is 1. The second kappa shape index (κ2) is 7.57. The van der Waals surface area contributed by atoms with Crippen molar-refractivity contribution in [3.05, 3.63) is 53.9 Å². The molecular weight excluding hydrogens is 364 g/mol. The Labute approximate surface area is 161 Å². The number of nitrogens with zero attached hydrogens (tertiary/aromatic N) is 1. The van der Waals surface area contributed by atoms with Gasteiger partial charge in [0.05, 0.1) is 24.7 Å². The van der Waals surface area contributed by atoms with Gasteiger partial charge < -0.3 is 25.0 Å². The number of anilines is 1. The van der Waals surface area contributed by atoms with Crippen molar-refractivity contribution in [2.24, 2.45) is 0 Å². The van der Waals surface area contributed by atoms with Gasteiger partial charge in [-0.15, -0.1) is 0 Å². The zero-order valence-electron chi connectivity index (χ0n) is 14.9. The third-order valence-electron chi connectivity index (χ3n) is 5.08. The van der Waals surface area contributed by atoms with Gasteiger partial charge in [-0.3, -0.25) is 14.6 Å². The number of pyridine rings is 1. The number of fused-ring (bicyclic) bond motifs is 3. The molecular formula is C20H20N2O6. The van der Waals surface area contributed by atoms with Crippen molar-refractivity contribution in [2.45, 2.75) is 37.1 Å². The molecule has 2 aliphatic heterocycles. The van der Waals surface area contributed by atoms with Crippen LogP contribution in [0.2, 0.25) is 0 Å². The number of ether oxygens (including phenoxy) is 2. The van der Waals surface area contributed by atoms with Crippen molar-refractivity contribution in [2.75, 3.05) is 11.9 Å². The highest BCUT2D eigenvalue weighted by atomic mass is 16.6. The number of amides is 1. The summed E-state index contributed by atoms with van der Waals surface area (Å²) in [4.78, 5) is 27.4. The normalized spacial score (nSPS) is 25.3. The first-order valence-corrected chi connectivity index (χ1v) is 9.05. The summed E-state index contributed by atoms with van der Waals surface area (Å²) in [5.41, 5.74) is 1.94. The Morgan fingerprint density at radius 2 is 2.14 bits per heavy atom. The number of rotatable bonds is 5. The molecule has 28 heavy (non-hydrogen) atoms. The van der Waals surface area contributed by atoms with Crippen molar-refractivity contribution < 1.29 is 29.3 Å². The molecule has 4 atom stereocenters. The molecule has 3 heterocycles. The molecule has 0 bridgehead atoms. The lowest BCUT2D eigenvalue weighted by atomic mass is 9.84. The molecule has 1 aromatic carbocycles. The molecule has 0 spiro atoms. The molecule has 3 N–H and O–H groups in total. The Hall–Kier alpha value is -2.97. The SMILES string of the molecule is O=C(O)C[C@H]1C[C@@H]2c3cc(NC(=O)c4cccnc4)ccc3O[C@@H]2[C@@H](CO)O1. The van der Waals surface area contributed by atoms with E-state index in [9.17, 15) is 14.7 Å². The van der Waals surface area contributed by atoms with Crippen LogP contribution in [-0.4, -0.2) is 52.0 Å². The fourth-order valence-electron chi connectivity index (χ4n) is 3.86. The lowest BCUT2D eigenvalue weighted by molar-refractivity contribution is -0.153. The molecule has 2 aliphatic rings. The Bertz CT molecular complexity index is 888. The highest BCUT2D eigenvalue weighted by Crippen LogP contribution is 2.47. The van der Waals surface area contributed by atoms with Crippen LogP contribution in [-0.2, 0) is 9.53 Å². The summed E-state index contributed by atoms with van der Waals surface area (Å²) in [7, 11) is 0. The van der Waals surface area contributed by atoms with E-state index in [4.69, 9.17) is 14.6 Å². The minimum absolute atomic E-state index is 0.111. The number of carboxylic acids is 1. The lowest BCUT2D eigenvalue weighted by Crippen LogP contribution is -2.46. The number of benzene rings is 1. The fourth-order valence-corrected chi connectivity index (χ4v) is 3.86. The van der Waals surface area contributed by atoms with Gasteiger partial charge in [0.15, 0.2) is 0 Å². The lowest BCUT2D eigenvalue weighted by Gasteiger charge is -2.36. The molecule has 0 aliphatic carbocycles. The van der Waals surface area contributed by atoms with Gasteiger partial charge in [0.2, 0.25) is 0 Å². The summed E-state index contributed by atoms with van der Waals surface area (Å²) in [6.07, 6.45) is 1.95. The number of hydrogen-bond acceptors (Lipinski definition) is 6. The third-order valence-corrected chi connectivity index (χ3v) is 5.08. The minimum atomic E-state index is -0.947. The number of hydrogen-bond donors (Lipinski definition) is 3. The highest BCUT2D eigenvalue weighted by molar-refractivity contribution is 6.04. The maximum absolute atomic E-state index is 12.4. The monoisotopic (exact) mass is 384 g/mol. The zero-order valence-corrected chi connectivity index (χ0v) is 14.9. The highest BCUT2D eigenvalue weighted by Gasteiger charge is 2.46. The molecule has 0 radical (unpaired) electrons. The molecule has 4 rings (SSSR count). The topological polar surface area (TPSA) is 118 Å². The first kappa shape index (κ1) is 18.4. The number of aromatic nitrogens is 1. The Morgan fingerprint density at radius 3 is 2.86 bits per heavy atom. The summed E-state index contributed by atoms with van der Waals surface area (Å²) >= 11 is 0. The molecule has 1 saturated heterocycles. The summed E-state index contributed by atoms with van der Waals surface area (Å²) in [5, 5.41) is 21.6. The molecule has 146 valence electrons. The van der Waals surface area contributed by atoms with E-state index in [1.54, 1.807) is 30.5 Å². The van der Waals surface area contributed by atoms with Crippen LogP contribution in [0.3, 0.4) is 0 Å². The van der Waals surface area contributed by atoms with E-state index in [1.807, 2.05) is 6.07 Å². The summed E-state index contributed by atoms with van der Waals surface area (Å²) < 4.78 is 11.7. The predicted octanol–water partition coefficient (Wildman–Crippen LogP) is 1.80. The van der Waals surface area contributed by atoms with Crippen LogP contribution in [0.25, 0.3) is 0 Å². The number of aliphatic carboxylic acids is 1. The van der Waals surface area contributed by atoms with Gasteiger partial charge in [-0.1, -0.05) is 0 Å². The van der Waals surface area contributed by atoms with Gasteiger partial charge in [-0.05, 0) is 36.8 Å². The van der Waals surface area contributed by atoms with Gasteiger partial charge in [-0.25, -0.2) is 0 Å². The van der Waals surface area contributed by atoms with E-state index in [-0.39, 0.29) is 31.0 Å². The number of carboxylic acid groups (broad SMARTS) is 1. The molecule has 0 saturated carbocycles. The van der Waals surface area contributed by atoms with Gasteiger partial charge in [0, 0.05) is 29.6 Å². The average molecular weight is 384 g/mol. The average Bonchev–Trinajstić information content (AvgIpc) is 3.05. The zero-order chi connectivity index (χ0) is 19.7. The van der Waals surface area contributed by atoms with E-state index >= 15 is 0 Å². The Morgan fingerprint density at radius 1 is 1.29 bits per heavy atom. The van der Waals surface area contributed by atoms with Crippen LogP contribution >= 0.6 is 0 Å². The maximum Gasteiger partial charge on any atom is 0.305 e. The van der Waals surface area contributed by atoms with Crippen molar-refractivity contribution >= 4 is 17.6 Å². The number of aliphatic hydroxyl groups excluding tert-OH is 1. The quantitative estimate of drug-likeness (QED) is 0.719. The third kappa shape index (κ3) is 3.56. The van der Waals surface area contributed by atoms with Crippen molar-refractivity contribution in [3.63, 3.8) is 0 Å².